The average Bonchev–Trinajstić information content (AvgIpc) is 2.40. The lowest BCUT2D eigenvalue weighted by atomic mass is 9.88. The number of nitrogens with zero attached hydrogens (tertiary/aromatic N) is 2. The van der Waals surface area contributed by atoms with E-state index in [1.54, 1.807) is 13.8 Å². The predicted octanol–water partition coefficient (Wildman–Crippen LogP) is 1.64. The van der Waals surface area contributed by atoms with Crippen LogP contribution in [0, 0.1) is 11.3 Å². The number of aromatic nitrogens is 1. The number of hydrogen-bond acceptors (Lipinski definition) is 5. The molecule has 0 radical (unpaired) electrons. The third-order valence-corrected chi connectivity index (χ3v) is 2.70. The first kappa shape index (κ1) is 12.0. The Hall–Kier alpha value is -2.48. The van der Waals surface area contributed by atoms with Gasteiger partial charge in [0.15, 0.2) is 17.2 Å². The highest BCUT2D eigenvalue weighted by Crippen LogP contribution is 2.27. The van der Waals surface area contributed by atoms with Gasteiger partial charge in [-0.15, -0.1) is 0 Å². The molecule has 1 aliphatic rings. The maximum absolute atomic E-state index is 12.2. The Kier molecular flexibility index (Phi) is 2.94. The Labute approximate surface area is 104 Å². The van der Waals surface area contributed by atoms with Gasteiger partial charge in [0.05, 0.1) is 12.2 Å². The molecule has 90 valence electrons. The molecule has 0 saturated carbocycles. The number of allylic oxidation sites excluding steroid dienone is 2. The van der Waals surface area contributed by atoms with Crippen molar-refractivity contribution in [3.05, 3.63) is 40.4 Å². The number of nitriles is 1. The third-order valence-electron chi connectivity index (χ3n) is 2.70. The fraction of sp³-hybridized carbons (Fsp3) is 0.231. The zero-order chi connectivity index (χ0) is 13.3. The van der Waals surface area contributed by atoms with Crippen LogP contribution in [-0.2, 0) is 4.74 Å². The van der Waals surface area contributed by atoms with Crippen molar-refractivity contribution >= 4 is 11.6 Å². The number of ether oxygens (including phenoxy) is 1. The first-order valence-corrected chi connectivity index (χ1v) is 5.44. The molecule has 0 amide bonds. The second-order valence-electron chi connectivity index (χ2n) is 3.74. The Balaban J connectivity index is 2.70. The van der Waals surface area contributed by atoms with Crippen LogP contribution in [0.15, 0.2) is 23.6 Å². The molecular weight excluding hydrogens is 232 g/mol. The maximum atomic E-state index is 12.2. The van der Waals surface area contributed by atoms with Gasteiger partial charge in [-0.3, -0.25) is 9.59 Å². The summed E-state index contributed by atoms with van der Waals surface area (Å²) in [7, 11) is 0. The van der Waals surface area contributed by atoms with Gasteiger partial charge in [-0.05, 0) is 19.9 Å². The molecule has 1 aromatic rings. The van der Waals surface area contributed by atoms with Crippen molar-refractivity contribution in [3.8, 4) is 6.07 Å². The van der Waals surface area contributed by atoms with Crippen LogP contribution in [-0.4, -0.2) is 23.2 Å². The summed E-state index contributed by atoms with van der Waals surface area (Å²) in [6, 6.07) is 3.27. The first-order chi connectivity index (χ1) is 8.61. The van der Waals surface area contributed by atoms with Crippen molar-refractivity contribution in [2.24, 2.45) is 0 Å². The van der Waals surface area contributed by atoms with Crippen LogP contribution in [0.25, 0.3) is 0 Å². The quantitative estimate of drug-likeness (QED) is 0.787. The van der Waals surface area contributed by atoms with E-state index >= 15 is 0 Å². The van der Waals surface area contributed by atoms with Gasteiger partial charge in [-0.25, -0.2) is 4.98 Å². The smallest absolute Gasteiger partial charge is 0.231 e. The van der Waals surface area contributed by atoms with Gasteiger partial charge in [0.1, 0.15) is 6.07 Å². The number of carbonyl (C=O) groups is 2. The van der Waals surface area contributed by atoms with E-state index in [1.807, 2.05) is 6.07 Å². The summed E-state index contributed by atoms with van der Waals surface area (Å²) < 4.78 is 5.21. The number of pyridine rings is 1. The highest BCUT2D eigenvalue weighted by atomic mass is 16.5. The lowest BCUT2D eigenvalue weighted by Gasteiger charge is -2.18. The van der Waals surface area contributed by atoms with E-state index in [0.29, 0.717) is 0 Å². The minimum atomic E-state index is -0.450. The van der Waals surface area contributed by atoms with E-state index in [2.05, 4.69) is 4.98 Å². The second kappa shape index (κ2) is 4.41. The minimum absolute atomic E-state index is 0.0134. The SMILES string of the molecule is CCOC1=C(C)C(=O)c2ccnc(C#N)c2C1=O. The molecule has 0 atom stereocenters. The molecule has 0 unspecified atom stereocenters. The van der Waals surface area contributed by atoms with Gasteiger partial charge in [-0.2, -0.15) is 5.26 Å². The topological polar surface area (TPSA) is 80.0 Å². The van der Waals surface area contributed by atoms with E-state index in [9.17, 15) is 9.59 Å². The van der Waals surface area contributed by atoms with E-state index < -0.39 is 5.78 Å². The average molecular weight is 242 g/mol. The molecule has 5 nitrogen and oxygen atoms in total. The molecule has 1 heterocycles. The predicted molar refractivity (Wildman–Crippen MR) is 61.9 cm³/mol. The first-order valence-electron chi connectivity index (χ1n) is 5.44. The minimum Gasteiger partial charge on any atom is -0.489 e. The number of Topliss-reactive ketones (excluding diaryl/α,β-unsaturated/α-hetero) is 2. The number of fused-ring (bicyclic) bond motifs is 1. The van der Waals surface area contributed by atoms with E-state index in [1.165, 1.54) is 12.3 Å². The molecule has 0 fully saturated rings. The number of carbonyl (C=O) groups excluding carboxylic acids is 2. The van der Waals surface area contributed by atoms with Crippen molar-refractivity contribution in [3.63, 3.8) is 0 Å². The second-order valence-corrected chi connectivity index (χ2v) is 3.74. The van der Waals surface area contributed by atoms with Crippen molar-refractivity contribution in [2.75, 3.05) is 6.61 Å². The van der Waals surface area contributed by atoms with Crippen LogP contribution in [0.2, 0.25) is 0 Å². The summed E-state index contributed by atoms with van der Waals surface area (Å²) in [5.41, 5.74) is 0.478. The Morgan fingerprint density at radius 2 is 2.11 bits per heavy atom. The number of rotatable bonds is 2. The van der Waals surface area contributed by atoms with Gasteiger partial charge in [0.25, 0.3) is 0 Å². The van der Waals surface area contributed by atoms with Gasteiger partial charge in [0.2, 0.25) is 5.78 Å². The van der Waals surface area contributed by atoms with E-state index in [0.717, 1.165) is 0 Å². The molecule has 2 rings (SSSR count). The lowest BCUT2D eigenvalue weighted by Crippen LogP contribution is -2.24. The molecule has 0 saturated heterocycles. The number of hydrogen-bond donors (Lipinski definition) is 0. The molecule has 18 heavy (non-hydrogen) atoms. The molecule has 1 aromatic heterocycles. The summed E-state index contributed by atoms with van der Waals surface area (Å²) in [4.78, 5) is 28.1. The fourth-order valence-electron chi connectivity index (χ4n) is 1.87. The zero-order valence-corrected chi connectivity index (χ0v) is 9.98. The van der Waals surface area contributed by atoms with Crippen LogP contribution in [0.5, 0.6) is 0 Å². The summed E-state index contributed by atoms with van der Waals surface area (Å²) in [6.07, 6.45) is 1.35. The molecule has 0 aromatic carbocycles. The highest BCUT2D eigenvalue weighted by Gasteiger charge is 2.33. The molecular formula is C13H10N2O3. The summed E-state index contributed by atoms with van der Waals surface area (Å²) in [5.74, 6) is -0.736. The standard InChI is InChI=1S/C13H10N2O3/c1-3-18-13-7(2)11(16)8-4-5-15-9(6-14)10(8)12(13)17/h4-5H,3H2,1-2H3. The number of ketones is 2. The van der Waals surface area contributed by atoms with Crippen molar-refractivity contribution < 1.29 is 14.3 Å². The van der Waals surface area contributed by atoms with Crippen LogP contribution >= 0.6 is 0 Å². The fourth-order valence-corrected chi connectivity index (χ4v) is 1.87. The molecule has 0 N–H and O–H groups in total. The molecule has 1 aliphatic carbocycles. The Morgan fingerprint density at radius 1 is 1.39 bits per heavy atom. The largest absolute Gasteiger partial charge is 0.489 e. The van der Waals surface area contributed by atoms with Crippen molar-refractivity contribution in [1.29, 1.82) is 5.26 Å². The normalized spacial score (nSPS) is 14.3. The Morgan fingerprint density at radius 3 is 2.72 bits per heavy atom. The van der Waals surface area contributed by atoms with Crippen molar-refractivity contribution in [2.45, 2.75) is 13.8 Å². The van der Waals surface area contributed by atoms with Crippen molar-refractivity contribution in [1.82, 2.24) is 4.98 Å². The van der Waals surface area contributed by atoms with Gasteiger partial charge < -0.3 is 4.74 Å². The van der Waals surface area contributed by atoms with Gasteiger partial charge in [0, 0.05) is 17.3 Å². The van der Waals surface area contributed by atoms with Crippen LogP contribution in [0.3, 0.4) is 0 Å². The molecule has 0 bridgehead atoms. The van der Waals surface area contributed by atoms with E-state index in [4.69, 9.17) is 10.00 Å². The van der Waals surface area contributed by atoms with Crippen LogP contribution in [0.1, 0.15) is 40.3 Å². The summed E-state index contributed by atoms with van der Waals surface area (Å²) in [5, 5.41) is 8.95. The summed E-state index contributed by atoms with van der Waals surface area (Å²) in [6.45, 7) is 3.55. The monoisotopic (exact) mass is 242 g/mol. The zero-order valence-electron chi connectivity index (χ0n) is 9.98. The van der Waals surface area contributed by atoms with Crippen LogP contribution < -0.4 is 0 Å². The molecule has 0 spiro atoms. The molecule has 5 heteroatoms. The van der Waals surface area contributed by atoms with Gasteiger partial charge in [-0.1, -0.05) is 0 Å². The highest BCUT2D eigenvalue weighted by molar-refractivity contribution is 6.26. The van der Waals surface area contributed by atoms with E-state index in [-0.39, 0.29) is 40.5 Å². The molecule has 0 aliphatic heterocycles. The van der Waals surface area contributed by atoms with Crippen LogP contribution in [0.4, 0.5) is 0 Å². The Bertz CT molecular complexity index is 624. The maximum Gasteiger partial charge on any atom is 0.231 e. The lowest BCUT2D eigenvalue weighted by molar-refractivity contribution is 0.0880. The third kappa shape index (κ3) is 1.59. The van der Waals surface area contributed by atoms with Gasteiger partial charge >= 0.3 is 0 Å². The summed E-state index contributed by atoms with van der Waals surface area (Å²) >= 11 is 0.